The lowest BCUT2D eigenvalue weighted by Crippen LogP contribution is -2.75. The first-order valence-electron chi connectivity index (χ1n) is 19.1. The van der Waals surface area contributed by atoms with E-state index < -0.39 is 195 Å². The van der Waals surface area contributed by atoms with E-state index in [-0.39, 0.29) is 0 Å². The molecule has 0 aliphatic carbocycles. The van der Waals surface area contributed by atoms with Gasteiger partial charge in [0.25, 0.3) is 0 Å². The van der Waals surface area contributed by atoms with Crippen molar-refractivity contribution < 1.29 is 110 Å². The lowest BCUT2D eigenvalue weighted by molar-refractivity contribution is -0.688. The third-order valence-corrected chi connectivity index (χ3v) is 11.0. The van der Waals surface area contributed by atoms with E-state index in [4.69, 9.17) is 0 Å². The fourth-order valence-electron chi connectivity index (χ4n) is 7.41. The van der Waals surface area contributed by atoms with Crippen molar-refractivity contribution in [2.45, 2.75) is 56.0 Å². The van der Waals surface area contributed by atoms with Gasteiger partial charge in [0.1, 0.15) is 6.15 Å². The average molecular weight is 1110 g/mol. The molecule has 0 N–H and O–H groups in total. The molecule has 0 saturated carbocycles. The minimum Gasteiger partial charge on any atom is -0.201 e. The molecular formula is C44H23BBrF24N. The van der Waals surface area contributed by atoms with Crippen LogP contribution >= 0.6 is 15.9 Å². The molecule has 1 nitrogen and oxygen atoms in total. The van der Waals surface area contributed by atoms with Crippen LogP contribution in [0.25, 0.3) is 0 Å². The predicted octanol–water partition coefficient (Wildman–Crippen LogP) is 14.0. The highest BCUT2D eigenvalue weighted by Crippen LogP contribution is 2.41. The van der Waals surface area contributed by atoms with E-state index in [2.05, 4.69) is 57.2 Å². The molecule has 0 bridgehead atoms. The summed E-state index contributed by atoms with van der Waals surface area (Å²) >= 11 is 3.42. The molecule has 6 aromatic rings. The van der Waals surface area contributed by atoms with Crippen LogP contribution in [0.15, 0.2) is 132 Å². The summed E-state index contributed by atoms with van der Waals surface area (Å²) in [7, 11) is 0. The Morgan fingerprint density at radius 2 is 0.521 bits per heavy atom. The number of benzene rings is 5. The van der Waals surface area contributed by atoms with Crippen LogP contribution in [0.4, 0.5) is 105 Å². The number of alkyl halides is 24. The van der Waals surface area contributed by atoms with Gasteiger partial charge in [-0.15, -0.1) is 0 Å². The Morgan fingerprint density at radius 3 is 0.718 bits per heavy atom. The van der Waals surface area contributed by atoms with Crippen LogP contribution in [0.2, 0.25) is 0 Å². The van der Waals surface area contributed by atoms with E-state index in [1.54, 1.807) is 0 Å². The van der Waals surface area contributed by atoms with Crippen molar-refractivity contribution >= 4 is 43.9 Å². The van der Waals surface area contributed by atoms with E-state index in [0.717, 1.165) is 11.0 Å². The van der Waals surface area contributed by atoms with Crippen LogP contribution in [0.1, 0.15) is 50.1 Å². The quantitative estimate of drug-likeness (QED) is 0.0889. The molecular weight excluding hydrogens is 1090 g/mol. The summed E-state index contributed by atoms with van der Waals surface area (Å²) in [5, 5.41) is 0. The second kappa shape index (κ2) is 19.3. The molecule has 1 aromatic heterocycles. The van der Waals surface area contributed by atoms with Crippen molar-refractivity contribution in [3.05, 3.63) is 182 Å². The maximum Gasteiger partial charge on any atom is 0.416 e. The van der Waals surface area contributed by atoms with Gasteiger partial charge >= 0.3 is 49.4 Å². The van der Waals surface area contributed by atoms with Crippen LogP contribution in [-0.4, -0.2) is 6.15 Å². The molecule has 382 valence electrons. The zero-order chi connectivity index (χ0) is 53.7. The fraction of sp³-hybridized carbons (Fsp3) is 0.205. The number of hydrogen-bond donors (Lipinski definition) is 0. The van der Waals surface area contributed by atoms with E-state index in [1.165, 1.54) is 5.56 Å². The fourth-order valence-corrected chi connectivity index (χ4v) is 7.65. The number of pyridine rings is 1. The second-order valence-electron chi connectivity index (χ2n) is 15.4. The Labute approximate surface area is 391 Å². The molecule has 71 heavy (non-hydrogen) atoms. The van der Waals surface area contributed by atoms with E-state index in [9.17, 15) is 105 Å². The zero-order valence-electron chi connectivity index (χ0n) is 34.3. The summed E-state index contributed by atoms with van der Waals surface area (Å²) in [4.78, 5) is 0. The third-order valence-electron chi connectivity index (χ3n) is 10.5. The summed E-state index contributed by atoms with van der Waals surface area (Å²) in [5.74, 6) is 0. The highest BCUT2D eigenvalue weighted by Gasteiger charge is 2.47. The Morgan fingerprint density at radius 1 is 0.310 bits per heavy atom. The van der Waals surface area contributed by atoms with Crippen molar-refractivity contribution in [3.63, 3.8) is 0 Å². The van der Waals surface area contributed by atoms with Gasteiger partial charge in [-0.1, -0.05) is 94.8 Å². The third kappa shape index (κ3) is 13.4. The molecule has 0 saturated heterocycles. The number of rotatable bonds is 6. The number of hydrogen-bond acceptors (Lipinski definition) is 0. The minimum atomic E-state index is -6.13. The van der Waals surface area contributed by atoms with Crippen molar-refractivity contribution in [1.29, 1.82) is 0 Å². The SMILES string of the molecule is Brc1cc[n+](Cc2ccccc2)cc1.FC(F)(F)c1cc([B-](c2cc(C(F)(F)F)cc(C(F)(F)F)c2)(c2cc(C(F)(F)F)cc(C(F)(F)F)c2)c2cc(C(F)(F)F)cc(C(F)(F)F)c2)cc(C(F)(F)F)c1. The molecule has 0 aliphatic rings. The number of halogens is 25. The molecule has 27 heteroatoms. The van der Waals surface area contributed by atoms with Gasteiger partial charge < -0.3 is 0 Å². The summed E-state index contributed by atoms with van der Waals surface area (Å²) in [6.45, 7) is 0.925. The van der Waals surface area contributed by atoms with Gasteiger partial charge in [-0.25, -0.2) is 4.57 Å². The number of nitrogens with zero attached hydrogens (tertiary/aromatic N) is 1. The Kier molecular flexibility index (Phi) is 15.2. The molecule has 0 spiro atoms. The van der Waals surface area contributed by atoms with Gasteiger partial charge in [0.05, 0.1) is 44.5 Å². The summed E-state index contributed by atoms with van der Waals surface area (Å²) in [6.07, 6.45) is -50.7. The molecule has 1 heterocycles. The Bertz CT molecular complexity index is 2400. The first-order valence-corrected chi connectivity index (χ1v) is 19.9. The van der Waals surface area contributed by atoms with Crippen LogP contribution in [0, 0.1) is 0 Å². The van der Waals surface area contributed by atoms with Crippen LogP contribution in [-0.2, 0) is 56.0 Å². The first kappa shape index (κ1) is 56.0. The topological polar surface area (TPSA) is 3.88 Å². The van der Waals surface area contributed by atoms with Crippen molar-refractivity contribution in [1.82, 2.24) is 0 Å². The van der Waals surface area contributed by atoms with Gasteiger partial charge in [0.15, 0.2) is 18.9 Å². The second-order valence-corrected chi connectivity index (χ2v) is 16.3. The van der Waals surface area contributed by atoms with E-state index >= 15 is 0 Å². The van der Waals surface area contributed by atoms with E-state index in [1.807, 2.05) is 18.2 Å². The lowest BCUT2D eigenvalue weighted by atomic mass is 9.12. The Hall–Kier alpha value is -5.89. The molecule has 0 amide bonds. The van der Waals surface area contributed by atoms with Gasteiger partial charge in [0.2, 0.25) is 0 Å². The highest BCUT2D eigenvalue weighted by atomic mass is 79.9. The average Bonchev–Trinajstić information content (AvgIpc) is 3.22. The monoisotopic (exact) mass is 1110 g/mol. The molecule has 0 fully saturated rings. The first-order chi connectivity index (χ1) is 32.1. The van der Waals surface area contributed by atoms with Crippen LogP contribution in [0.5, 0.6) is 0 Å². The van der Waals surface area contributed by atoms with Gasteiger partial charge in [-0.2, -0.15) is 127 Å². The minimum absolute atomic E-state index is 0.691. The number of aromatic nitrogens is 1. The zero-order valence-corrected chi connectivity index (χ0v) is 35.9. The standard InChI is InChI=1S/C32H12BF24.C12H11BrN/c34-25(35,36)13-1-14(26(37,38)39)6-21(5-13)33(22-7-15(27(40,41)42)2-16(8-22)28(43,44)45,23-9-17(29(46,47)48)3-18(10-23)30(49,50)51)24-11-19(31(52,53)54)4-20(12-24)32(55,56)57;13-12-6-8-14(9-7-12)10-11-4-2-1-3-5-11/h1-12H;1-9H,10H2/q-1;+1. The van der Waals surface area contributed by atoms with Crippen molar-refractivity contribution in [2.24, 2.45) is 0 Å². The maximum atomic E-state index is 14.2. The van der Waals surface area contributed by atoms with Gasteiger partial charge in [0, 0.05) is 22.2 Å². The van der Waals surface area contributed by atoms with E-state index in [0.29, 0.717) is 0 Å². The largest absolute Gasteiger partial charge is 0.416 e. The molecule has 6 rings (SSSR count). The van der Waals surface area contributed by atoms with Gasteiger partial charge in [-0.3, -0.25) is 0 Å². The van der Waals surface area contributed by atoms with Crippen LogP contribution in [0.3, 0.4) is 0 Å². The smallest absolute Gasteiger partial charge is 0.201 e. The molecule has 0 aliphatic heterocycles. The molecule has 0 unspecified atom stereocenters. The van der Waals surface area contributed by atoms with Crippen LogP contribution < -0.4 is 26.4 Å². The van der Waals surface area contributed by atoms with Crippen molar-refractivity contribution in [2.75, 3.05) is 0 Å². The molecule has 0 radical (unpaired) electrons. The van der Waals surface area contributed by atoms with Gasteiger partial charge in [-0.05, 0) is 24.3 Å². The predicted molar refractivity (Wildman–Crippen MR) is 210 cm³/mol. The lowest BCUT2D eigenvalue weighted by Gasteiger charge is -2.46. The Balaban J connectivity index is 0.000000569. The molecule has 5 aromatic carbocycles. The normalized spacial score (nSPS) is 13.5. The summed E-state index contributed by atoms with van der Waals surface area (Å²) < 4.78 is 344. The summed E-state index contributed by atoms with van der Waals surface area (Å²) in [6, 6.07) is 5.71. The summed E-state index contributed by atoms with van der Waals surface area (Å²) in [5.41, 5.74) is -28.9. The highest BCUT2D eigenvalue weighted by molar-refractivity contribution is 9.10. The molecule has 0 atom stereocenters. The van der Waals surface area contributed by atoms with Crippen molar-refractivity contribution in [3.8, 4) is 0 Å². The maximum absolute atomic E-state index is 14.2.